The summed E-state index contributed by atoms with van der Waals surface area (Å²) >= 11 is 12.6. The summed E-state index contributed by atoms with van der Waals surface area (Å²) in [5, 5.41) is 3.71. The number of halogens is 2. The second-order valence-electron chi connectivity index (χ2n) is 9.75. The van der Waals surface area contributed by atoms with Crippen molar-refractivity contribution in [1.29, 1.82) is 0 Å². The molecule has 0 spiro atoms. The third-order valence-corrected chi connectivity index (χ3v) is 9.16. The fraction of sp³-hybridized carbons (Fsp3) is 0.355. The number of anilines is 1. The first-order valence-electron chi connectivity index (χ1n) is 13.9. The zero-order valence-corrected chi connectivity index (χ0v) is 26.5. The van der Waals surface area contributed by atoms with E-state index in [1.807, 2.05) is 20.8 Å². The van der Waals surface area contributed by atoms with Crippen molar-refractivity contribution in [3.8, 4) is 5.75 Å². The van der Waals surface area contributed by atoms with Gasteiger partial charge >= 0.3 is 0 Å². The van der Waals surface area contributed by atoms with E-state index < -0.39 is 28.5 Å². The lowest BCUT2D eigenvalue weighted by Crippen LogP contribution is -2.53. The molecule has 0 saturated heterocycles. The summed E-state index contributed by atoms with van der Waals surface area (Å²) in [6.07, 6.45) is 1.01. The fourth-order valence-corrected chi connectivity index (χ4v) is 6.22. The topological polar surface area (TPSA) is 96.0 Å². The minimum atomic E-state index is -4.17. The lowest BCUT2D eigenvalue weighted by atomic mass is 10.1. The molecule has 0 saturated carbocycles. The molecule has 0 heterocycles. The third-order valence-electron chi connectivity index (χ3n) is 6.79. The molecule has 0 aromatic heterocycles. The molecular weight excluding hydrogens is 597 g/mol. The SMILES string of the molecule is CCOc1ccc(N(CC(=O)N(Cc2ccc(Cl)cc2Cl)[C@H](CC)C(=O)N[C@H](C)CC)S(=O)(=O)c2ccccc2)cc1. The zero-order chi connectivity index (χ0) is 30.9. The molecule has 0 aliphatic carbocycles. The van der Waals surface area contributed by atoms with Crippen molar-refractivity contribution in [2.24, 2.45) is 0 Å². The van der Waals surface area contributed by atoms with E-state index in [1.54, 1.807) is 67.6 Å². The van der Waals surface area contributed by atoms with Crippen molar-refractivity contribution >= 4 is 50.7 Å². The minimum absolute atomic E-state index is 0.0240. The van der Waals surface area contributed by atoms with Gasteiger partial charge in [-0.2, -0.15) is 0 Å². The highest BCUT2D eigenvalue weighted by Gasteiger charge is 2.34. The Hall–Kier alpha value is -3.27. The Balaban J connectivity index is 2.07. The van der Waals surface area contributed by atoms with Gasteiger partial charge < -0.3 is 15.0 Å². The Morgan fingerprint density at radius 2 is 1.60 bits per heavy atom. The molecule has 226 valence electrons. The van der Waals surface area contributed by atoms with Gasteiger partial charge in [0.15, 0.2) is 0 Å². The summed E-state index contributed by atoms with van der Waals surface area (Å²) in [4.78, 5) is 29.0. The monoisotopic (exact) mass is 633 g/mol. The second-order valence-corrected chi connectivity index (χ2v) is 12.5. The number of carbonyl (C=O) groups excluding carboxylic acids is 2. The van der Waals surface area contributed by atoms with Crippen LogP contribution in [0.5, 0.6) is 5.75 Å². The van der Waals surface area contributed by atoms with Gasteiger partial charge in [-0.05, 0) is 80.8 Å². The van der Waals surface area contributed by atoms with Crippen LogP contribution >= 0.6 is 23.2 Å². The van der Waals surface area contributed by atoms with Gasteiger partial charge in [0.05, 0.1) is 17.2 Å². The highest BCUT2D eigenvalue weighted by molar-refractivity contribution is 7.92. The maximum atomic E-state index is 14.2. The normalized spacial score (nSPS) is 12.7. The van der Waals surface area contributed by atoms with E-state index >= 15 is 0 Å². The first-order valence-corrected chi connectivity index (χ1v) is 16.1. The summed E-state index contributed by atoms with van der Waals surface area (Å²) in [7, 11) is -4.17. The largest absolute Gasteiger partial charge is 0.494 e. The van der Waals surface area contributed by atoms with Gasteiger partial charge in [0.2, 0.25) is 11.8 Å². The van der Waals surface area contributed by atoms with Crippen molar-refractivity contribution in [3.63, 3.8) is 0 Å². The first-order chi connectivity index (χ1) is 20.0. The van der Waals surface area contributed by atoms with E-state index in [0.29, 0.717) is 40.8 Å². The Kier molecular flexibility index (Phi) is 12.1. The second kappa shape index (κ2) is 15.3. The molecule has 0 aliphatic heterocycles. The van der Waals surface area contributed by atoms with Crippen molar-refractivity contribution in [2.45, 2.75) is 64.1 Å². The van der Waals surface area contributed by atoms with E-state index in [0.717, 1.165) is 4.31 Å². The number of hydrogen-bond donors (Lipinski definition) is 1. The van der Waals surface area contributed by atoms with E-state index in [9.17, 15) is 18.0 Å². The summed E-state index contributed by atoms with van der Waals surface area (Å²) < 4.78 is 34.4. The predicted octanol–water partition coefficient (Wildman–Crippen LogP) is 6.31. The number of nitrogens with zero attached hydrogens (tertiary/aromatic N) is 2. The van der Waals surface area contributed by atoms with E-state index in [1.165, 1.54) is 17.0 Å². The number of rotatable bonds is 14. The number of nitrogens with one attached hydrogen (secondary N) is 1. The first kappa shape index (κ1) is 33.2. The fourth-order valence-electron chi connectivity index (χ4n) is 4.32. The lowest BCUT2D eigenvalue weighted by molar-refractivity contribution is -0.140. The van der Waals surface area contributed by atoms with Crippen LogP contribution in [-0.2, 0) is 26.2 Å². The summed E-state index contributed by atoms with van der Waals surface area (Å²) in [6, 6.07) is 18.3. The molecule has 2 amide bonds. The van der Waals surface area contributed by atoms with Crippen molar-refractivity contribution in [2.75, 3.05) is 17.5 Å². The summed E-state index contributed by atoms with van der Waals surface area (Å²) in [5.41, 5.74) is 0.847. The third kappa shape index (κ3) is 8.40. The lowest BCUT2D eigenvalue weighted by Gasteiger charge is -2.34. The van der Waals surface area contributed by atoms with Crippen LogP contribution in [-0.4, -0.2) is 50.4 Å². The molecule has 0 unspecified atom stereocenters. The molecule has 3 aromatic carbocycles. The molecule has 0 radical (unpaired) electrons. The zero-order valence-electron chi connectivity index (χ0n) is 24.2. The van der Waals surface area contributed by atoms with Crippen LogP contribution in [0.15, 0.2) is 77.7 Å². The molecule has 42 heavy (non-hydrogen) atoms. The molecule has 8 nitrogen and oxygen atoms in total. The predicted molar refractivity (Wildman–Crippen MR) is 168 cm³/mol. The van der Waals surface area contributed by atoms with Crippen LogP contribution in [0.3, 0.4) is 0 Å². The Morgan fingerprint density at radius 1 is 0.929 bits per heavy atom. The van der Waals surface area contributed by atoms with Gasteiger partial charge in [-0.1, -0.05) is 61.3 Å². The van der Waals surface area contributed by atoms with Gasteiger partial charge in [0, 0.05) is 22.6 Å². The number of benzene rings is 3. The van der Waals surface area contributed by atoms with Gasteiger partial charge in [-0.25, -0.2) is 8.42 Å². The quantitative estimate of drug-likeness (QED) is 0.224. The summed E-state index contributed by atoms with van der Waals surface area (Å²) in [6.45, 7) is 7.35. The molecule has 2 atom stereocenters. The maximum absolute atomic E-state index is 14.2. The van der Waals surface area contributed by atoms with Crippen LogP contribution in [0, 0.1) is 0 Å². The molecule has 3 rings (SSSR count). The van der Waals surface area contributed by atoms with E-state index in [-0.39, 0.29) is 29.1 Å². The van der Waals surface area contributed by atoms with Crippen LogP contribution < -0.4 is 14.4 Å². The van der Waals surface area contributed by atoms with Gasteiger partial charge in [0.1, 0.15) is 18.3 Å². The average molecular weight is 635 g/mol. The number of amides is 2. The van der Waals surface area contributed by atoms with E-state index in [4.69, 9.17) is 27.9 Å². The molecule has 3 aromatic rings. The minimum Gasteiger partial charge on any atom is -0.494 e. The number of hydrogen-bond acceptors (Lipinski definition) is 5. The maximum Gasteiger partial charge on any atom is 0.264 e. The molecular formula is C31H37Cl2N3O5S. The van der Waals surface area contributed by atoms with Crippen molar-refractivity contribution in [3.05, 3.63) is 88.4 Å². The number of ether oxygens (including phenoxy) is 1. The van der Waals surface area contributed by atoms with Crippen LogP contribution in [0.25, 0.3) is 0 Å². The van der Waals surface area contributed by atoms with Crippen molar-refractivity contribution < 1.29 is 22.7 Å². The standard InChI is InChI=1S/C31H37Cl2N3O5S/c1-5-22(4)34-31(38)29(6-2)35(20-23-13-14-24(32)19-28(23)33)30(37)21-36(25-15-17-26(18-16-25)41-7-3)42(39,40)27-11-9-8-10-12-27/h8-19,22,29H,5-7,20-21H2,1-4H3,(H,34,38)/t22-,29-/m1/s1. The van der Waals surface area contributed by atoms with Crippen LogP contribution in [0.4, 0.5) is 5.69 Å². The van der Waals surface area contributed by atoms with Gasteiger partial charge in [-0.3, -0.25) is 13.9 Å². The highest BCUT2D eigenvalue weighted by Crippen LogP contribution is 2.28. The van der Waals surface area contributed by atoms with Gasteiger partial charge in [0.25, 0.3) is 10.0 Å². The number of carbonyl (C=O) groups is 2. The average Bonchev–Trinajstić information content (AvgIpc) is 2.97. The number of sulfonamides is 1. The smallest absolute Gasteiger partial charge is 0.264 e. The highest BCUT2D eigenvalue weighted by atomic mass is 35.5. The Morgan fingerprint density at radius 3 is 2.17 bits per heavy atom. The molecule has 0 bridgehead atoms. The van der Waals surface area contributed by atoms with E-state index in [2.05, 4.69) is 5.32 Å². The Bertz CT molecular complexity index is 1450. The Labute approximate surface area is 258 Å². The van der Waals surface area contributed by atoms with Crippen LogP contribution in [0.2, 0.25) is 10.0 Å². The summed E-state index contributed by atoms with van der Waals surface area (Å²) in [5.74, 6) is -0.333. The molecule has 0 aliphatic rings. The van der Waals surface area contributed by atoms with Crippen molar-refractivity contribution in [1.82, 2.24) is 10.2 Å². The van der Waals surface area contributed by atoms with Crippen LogP contribution in [0.1, 0.15) is 46.1 Å². The molecule has 1 N–H and O–H groups in total. The van der Waals surface area contributed by atoms with Gasteiger partial charge in [-0.15, -0.1) is 0 Å². The molecule has 0 fully saturated rings. The molecule has 11 heteroatoms.